The standard InChI is InChI=1S/C24H27NO7S/c1-2-29-24(28)21-18-6-3-7-19(18)33-22(21)25-20(26)14-32-23(27)15-8-10-16(11-9-15)31-13-17-5-4-12-30-17/h8-11,17H,2-7,12-14H2,1H3,(H,25,26). The van der Waals surface area contributed by atoms with Crippen LogP contribution in [0.1, 0.15) is 57.3 Å². The molecule has 1 aromatic heterocycles. The molecule has 2 heterocycles. The minimum Gasteiger partial charge on any atom is -0.491 e. The third-order valence-corrected chi connectivity index (χ3v) is 6.75. The van der Waals surface area contributed by atoms with Crippen molar-refractivity contribution in [3.8, 4) is 5.75 Å². The summed E-state index contributed by atoms with van der Waals surface area (Å²) in [5.41, 5.74) is 1.69. The molecule has 1 unspecified atom stereocenters. The molecule has 1 saturated heterocycles. The van der Waals surface area contributed by atoms with Crippen molar-refractivity contribution < 1.29 is 33.3 Å². The fourth-order valence-electron chi connectivity index (χ4n) is 3.94. The van der Waals surface area contributed by atoms with E-state index in [9.17, 15) is 14.4 Å². The topological polar surface area (TPSA) is 100 Å². The quantitative estimate of drug-likeness (QED) is 0.554. The molecule has 0 bridgehead atoms. The third-order valence-electron chi connectivity index (χ3n) is 5.54. The number of carbonyl (C=O) groups is 3. The Morgan fingerprint density at radius 3 is 2.64 bits per heavy atom. The number of thiophene rings is 1. The van der Waals surface area contributed by atoms with Gasteiger partial charge in [0.2, 0.25) is 0 Å². The van der Waals surface area contributed by atoms with Crippen LogP contribution in [-0.4, -0.2) is 50.4 Å². The molecule has 9 heteroatoms. The van der Waals surface area contributed by atoms with Crippen molar-refractivity contribution in [2.24, 2.45) is 0 Å². The maximum Gasteiger partial charge on any atom is 0.341 e. The molecule has 2 aromatic rings. The average molecular weight is 474 g/mol. The lowest BCUT2D eigenvalue weighted by Crippen LogP contribution is -2.22. The number of benzene rings is 1. The van der Waals surface area contributed by atoms with Gasteiger partial charge in [-0.15, -0.1) is 11.3 Å². The molecule has 1 aliphatic heterocycles. The van der Waals surface area contributed by atoms with Crippen LogP contribution in [0.4, 0.5) is 5.00 Å². The van der Waals surface area contributed by atoms with E-state index in [1.165, 1.54) is 11.3 Å². The first-order valence-electron chi connectivity index (χ1n) is 11.2. The molecule has 1 amide bonds. The number of amides is 1. The van der Waals surface area contributed by atoms with Gasteiger partial charge in [0.25, 0.3) is 5.91 Å². The molecule has 176 valence electrons. The second kappa shape index (κ2) is 10.8. The lowest BCUT2D eigenvalue weighted by Gasteiger charge is -2.11. The van der Waals surface area contributed by atoms with Crippen molar-refractivity contribution in [1.29, 1.82) is 0 Å². The van der Waals surface area contributed by atoms with Gasteiger partial charge in [0.15, 0.2) is 6.61 Å². The van der Waals surface area contributed by atoms with Gasteiger partial charge in [0, 0.05) is 11.5 Å². The average Bonchev–Trinajstić information content (AvgIpc) is 3.54. The lowest BCUT2D eigenvalue weighted by molar-refractivity contribution is -0.119. The van der Waals surface area contributed by atoms with Crippen LogP contribution in [-0.2, 0) is 31.8 Å². The number of aryl methyl sites for hydroxylation is 1. The lowest BCUT2D eigenvalue weighted by atomic mass is 10.1. The summed E-state index contributed by atoms with van der Waals surface area (Å²) >= 11 is 1.38. The molecule has 1 aliphatic carbocycles. The van der Waals surface area contributed by atoms with Crippen molar-refractivity contribution in [3.05, 3.63) is 45.8 Å². The van der Waals surface area contributed by atoms with Crippen LogP contribution < -0.4 is 10.1 Å². The van der Waals surface area contributed by atoms with Crippen molar-refractivity contribution >= 4 is 34.2 Å². The van der Waals surface area contributed by atoms with E-state index in [1.54, 1.807) is 31.2 Å². The van der Waals surface area contributed by atoms with E-state index in [4.69, 9.17) is 18.9 Å². The highest BCUT2D eigenvalue weighted by Gasteiger charge is 2.28. The summed E-state index contributed by atoms with van der Waals surface area (Å²) in [6.45, 7) is 2.79. The van der Waals surface area contributed by atoms with Crippen LogP contribution in [0.5, 0.6) is 5.75 Å². The number of esters is 2. The Bertz CT molecular complexity index is 1010. The number of nitrogens with one attached hydrogen (secondary N) is 1. The highest BCUT2D eigenvalue weighted by molar-refractivity contribution is 7.17. The molecule has 8 nitrogen and oxygen atoms in total. The Labute approximate surface area is 196 Å². The Hall–Kier alpha value is -2.91. The van der Waals surface area contributed by atoms with E-state index >= 15 is 0 Å². The van der Waals surface area contributed by atoms with Crippen molar-refractivity contribution in [1.82, 2.24) is 0 Å². The molecule has 0 radical (unpaired) electrons. The molecule has 33 heavy (non-hydrogen) atoms. The predicted molar refractivity (Wildman–Crippen MR) is 122 cm³/mol. The van der Waals surface area contributed by atoms with Crippen molar-refractivity contribution in [3.63, 3.8) is 0 Å². The number of ether oxygens (including phenoxy) is 4. The fraction of sp³-hybridized carbons (Fsp3) is 0.458. The summed E-state index contributed by atoms with van der Waals surface area (Å²) in [7, 11) is 0. The molecule has 4 rings (SSSR count). The minimum atomic E-state index is -0.616. The highest BCUT2D eigenvalue weighted by Crippen LogP contribution is 2.39. The van der Waals surface area contributed by atoms with Gasteiger partial charge in [-0.05, 0) is 68.9 Å². The van der Waals surface area contributed by atoms with Crippen LogP contribution in [0.2, 0.25) is 0 Å². The van der Waals surface area contributed by atoms with Gasteiger partial charge in [-0.2, -0.15) is 0 Å². The van der Waals surface area contributed by atoms with Crippen LogP contribution >= 0.6 is 11.3 Å². The fourth-order valence-corrected chi connectivity index (χ4v) is 5.23. The largest absolute Gasteiger partial charge is 0.491 e. The van der Waals surface area contributed by atoms with Crippen LogP contribution in [0, 0.1) is 0 Å². The summed E-state index contributed by atoms with van der Waals surface area (Å²) in [6.07, 6.45) is 4.80. The second-order valence-electron chi connectivity index (χ2n) is 7.88. The first-order chi connectivity index (χ1) is 16.0. The normalized spacial score (nSPS) is 16.8. The Balaban J connectivity index is 1.29. The smallest absolute Gasteiger partial charge is 0.341 e. The number of carbonyl (C=O) groups excluding carboxylic acids is 3. The predicted octanol–water partition coefficient (Wildman–Crippen LogP) is 3.77. The molecular formula is C24H27NO7S. The summed E-state index contributed by atoms with van der Waals surface area (Å²) in [5, 5.41) is 3.16. The van der Waals surface area contributed by atoms with Crippen LogP contribution in [0.25, 0.3) is 0 Å². The summed E-state index contributed by atoms with van der Waals surface area (Å²) in [6, 6.07) is 6.55. The maximum absolute atomic E-state index is 12.4. The van der Waals surface area contributed by atoms with Gasteiger partial charge in [-0.3, -0.25) is 4.79 Å². The van der Waals surface area contributed by atoms with Gasteiger partial charge < -0.3 is 24.3 Å². The molecule has 1 N–H and O–H groups in total. The zero-order valence-corrected chi connectivity index (χ0v) is 19.3. The van der Waals surface area contributed by atoms with E-state index in [1.807, 2.05) is 0 Å². The first kappa shape index (κ1) is 23.3. The highest BCUT2D eigenvalue weighted by atomic mass is 32.1. The summed E-state index contributed by atoms with van der Waals surface area (Å²) in [5.74, 6) is -0.927. The summed E-state index contributed by atoms with van der Waals surface area (Å²) < 4.78 is 21.5. The zero-order valence-electron chi connectivity index (χ0n) is 18.5. The Morgan fingerprint density at radius 1 is 1.09 bits per heavy atom. The minimum absolute atomic E-state index is 0.113. The summed E-state index contributed by atoms with van der Waals surface area (Å²) in [4.78, 5) is 38.2. The Morgan fingerprint density at radius 2 is 1.91 bits per heavy atom. The number of anilines is 1. The monoisotopic (exact) mass is 473 g/mol. The van der Waals surface area contributed by atoms with Crippen molar-refractivity contribution in [2.75, 3.05) is 31.7 Å². The van der Waals surface area contributed by atoms with E-state index < -0.39 is 24.5 Å². The maximum atomic E-state index is 12.4. The SMILES string of the molecule is CCOC(=O)c1c(NC(=O)COC(=O)c2ccc(OCC3CCCO3)cc2)sc2c1CCC2. The molecular weight excluding hydrogens is 446 g/mol. The van der Waals surface area contributed by atoms with E-state index in [0.29, 0.717) is 28.5 Å². The molecule has 1 atom stereocenters. The second-order valence-corrected chi connectivity index (χ2v) is 8.98. The van der Waals surface area contributed by atoms with Gasteiger partial charge in [-0.1, -0.05) is 0 Å². The van der Waals surface area contributed by atoms with Gasteiger partial charge in [0.1, 0.15) is 17.4 Å². The van der Waals surface area contributed by atoms with Crippen LogP contribution in [0.15, 0.2) is 24.3 Å². The molecule has 1 aromatic carbocycles. The van der Waals surface area contributed by atoms with Crippen molar-refractivity contribution in [2.45, 2.75) is 45.1 Å². The van der Waals surface area contributed by atoms with Gasteiger partial charge in [-0.25, -0.2) is 9.59 Å². The van der Waals surface area contributed by atoms with Gasteiger partial charge in [0.05, 0.1) is 23.8 Å². The van der Waals surface area contributed by atoms with Gasteiger partial charge >= 0.3 is 11.9 Å². The number of fused-ring (bicyclic) bond motifs is 1. The first-order valence-corrected chi connectivity index (χ1v) is 12.0. The van der Waals surface area contributed by atoms with E-state index in [0.717, 1.165) is 49.2 Å². The third kappa shape index (κ3) is 5.72. The zero-order chi connectivity index (χ0) is 23.2. The number of hydrogen-bond acceptors (Lipinski definition) is 8. The van der Waals surface area contributed by atoms with Crippen LogP contribution in [0.3, 0.4) is 0 Å². The molecule has 2 aliphatic rings. The molecule has 0 spiro atoms. The number of hydrogen-bond donors (Lipinski definition) is 1. The van der Waals surface area contributed by atoms with E-state index in [-0.39, 0.29) is 12.7 Å². The molecule has 1 fully saturated rings. The van der Waals surface area contributed by atoms with E-state index in [2.05, 4.69) is 5.32 Å². The molecule has 0 saturated carbocycles. The number of rotatable bonds is 9. The Kier molecular flexibility index (Phi) is 7.61.